The predicted octanol–water partition coefficient (Wildman–Crippen LogP) is 12.4. The third kappa shape index (κ3) is 5.39. The van der Waals surface area contributed by atoms with Crippen LogP contribution in [0.3, 0.4) is 0 Å². The van der Waals surface area contributed by atoms with Crippen molar-refractivity contribution in [3.05, 3.63) is 217 Å². The van der Waals surface area contributed by atoms with Crippen molar-refractivity contribution in [1.29, 1.82) is 0 Å². The molecule has 0 N–H and O–H groups in total. The van der Waals surface area contributed by atoms with E-state index in [0.717, 1.165) is 39.7 Å². The highest BCUT2D eigenvalue weighted by Crippen LogP contribution is 2.41. The smallest absolute Gasteiger partial charge is 0.159 e. The van der Waals surface area contributed by atoms with Gasteiger partial charge in [-0.05, 0) is 71.3 Å². The minimum atomic E-state index is -0.241. The number of aromatic nitrogens is 2. The topological polar surface area (TPSA) is 37.8 Å². The minimum Gasteiger partial charge on any atom is -0.333 e. The van der Waals surface area contributed by atoms with Gasteiger partial charge in [0, 0.05) is 51.1 Å². The lowest BCUT2D eigenvalue weighted by Crippen LogP contribution is -2.35. The molecule has 0 aliphatic carbocycles. The first kappa shape index (κ1) is 32.9. The molecule has 2 aromatic heterocycles. The van der Waals surface area contributed by atoms with Gasteiger partial charge in [-0.1, -0.05) is 146 Å². The Bertz CT molecular complexity index is 3170. The summed E-state index contributed by atoms with van der Waals surface area (Å²) in [4.78, 5) is 12.5. The maximum Gasteiger partial charge on any atom is 0.159 e. The molecule has 0 bridgehead atoms. The number of benzene rings is 8. The molecule has 0 saturated heterocycles. The van der Waals surface area contributed by atoms with E-state index in [2.05, 4.69) is 197 Å². The van der Waals surface area contributed by atoms with E-state index in [9.17, 15) is 0 Å². The molecule has 0 fully saturated rings. The van der Waals surface area contributed by atoms with Crippen molar-refractivity contribution in [3.8, 4) is 22.5 Å². The second-order valence-corrected chi connectivity index (χ2v) is 14.7. The quantitative estimate of drug-likeness (QED) is 0.168. The second kappa shape index (κ2) is 13.4. The minimum absolute atomic E-state index is 0.241. The Morgan fingerprint density at radius 3 is 1.72 bits per heavy atom. The summed E-state index contributed by atoms with van der Waals surface area (Å²) in [5.41, 5.74) is 12.6. The zero-order chi connectivity index (χ0) is 37.9. The molecule has 1 aliphatic rings. The molecule has 3 heterocycles. The van der Waals surface area contributed by atoms with Crippen LogP contribution in [0.2, 0.25) is 0 Å². The van der Waals surface area contributed by atoms with Gasteiger partial charge in [-0.25, -0.2) is 9.98 Å². The number of rotatable bonds is 6. The third-order valence-electron chi connectivity index (χ3n) is 11.4. The number of hydrogen-bond donors (Lipinski definition) is 0. The summed E-state index contributed by atoms with van der Waals surface area (Å²) in [6.45, 7) is 0. The van der Waals surface area contributed by atoms with Gasteiger partial charge in [0.15, 0.2) is 5.84 Å². The fourth-order valence-electron chi connectivity index (χ4n) is 8.74. The second-order valence-electron chi connectivity index (χ2n) is 14.7. The summed E-state index contributed by atoms with van der Waals surface area (Å²) in [6.07, 6.45) is -0.241. The van der Waals surface area contributed by atoms with Crippen molar-refractivity contribution < 1.29 is 0 Å². The van der Waals surface area contributed by atoms with Crippen LogP contribution in [0.25, 0.3) is 66.1 Å². The molecule has 1 atom stereocenters. The van der Waals surface area contributed by atoms with Crippen molar-refractivity contribution in [3.63, 3.8) is 0 Å². The summed E-state index contributed by atoms with van der Waals surface area (Å²) < 4.78 is 4.77. The summed E-state index contributed by atoms with van der Waals surface area (Å²) >= 11 is 0. The Morgan fingerprint density at radius 1 is 0.421 bits per heavy atom. The van der Waals surface area contributed by atoms with Crippen LogP contribution >= 0.6 is 0 Å². The van der Waals surface area contributed by atoms with Crippen LogP contribution in [0, 0.1) is 0 Å². The highest BCUT2D eigenvalue weighted by atomic mass is 15.3. The lowest BCUT2D eigenvalue weighted by atomic mass is 9.98. The number of amidine groups is 2. The molecule has 8 aromatic carbocycles. The van der Waals surface area contributed by atoms with Gasteiger partial charge in [0.25, 0.3) is 0 Å². The first-order chi connectivity index (χ1) is 28.2. The van der Waals surface area contributed by atoms with Crippen molar-refractivity contribution in [1.82, 2.24) is 14.0 Å². The molecular formula is C52H37N5. The number of para-hydroxylation sites is 3. The number of nitrogens with zero attached hydrogens (tertiary/aromatic N) is 5. The van der Waals surface area contributed by atoms with E-state index in [-0.39, 0.29) is 6.17 Å². The molecule has 1 aliphatic heterocycles. The SMILES string of the molecule is CN1C(c2ccccc2)=NC(c2ccccc2)=NC1c1ccc(-n2c3ccccc3c3c(-c4ccc5c(c4)c4ccccc4n5-c4ccccc4)cccc32)cc1. The van der Waals surface area contributed by atoms with Gasteiger partial charge in [0.1, 0.15) is 12.0 Å². The highest BCUT2D eigenvalue weighted by Gasteiger charge is 2.27. The Kier molecular flexibility index (Phi) is 7.71. The Labute approximate surface area is 330 Å². The van der Waals surface area contributed by atoms with Crippen molar-refractivity contribution in [2.75, 3.05) is 7.05 Å². The first-order valence-corrected chi connectivity index (χ1v) is 19.4. The standard InChI is InChI=1S/C52H37N5/c1-55-51(36-18-7-3-8-19-36)53-50(35-16-5-2-6-17-35)54-52(55)37-28-31-40(32-29-37)57-46-26-14-12-23-43(46)49-41(24-15-27-48(49)57)38-30-33-47-44(34-38)42-22-11-13-25-45(42)56(47)39-20-9-4-10-21-39/h2-34,52H,1H3. The average Bonchev–Trinajstić information content (AvgIpc) is 3.80. The predicted molar refractivity (Wildman–Crippen MR) is 237 cm³/mol. The Balaban J connectivity index is 1.03. The number of aliphatic imine (C=N–C) groups is 2. The molecule has 1 unspecified atom stereocenters. The Morgan fingerprint density at radius 2 is 0.982 bits per heavy atom. The largest absolute Gasteiger partial charge is 0.333 e. The average molecular weight is 732 g/mol. The van der Waals surface area contributed by atoms with Gasteiger partial charge in [0.2, 0.25) is 0 Å². The highest BCUT2D eigenvalue weighted by molar-refractivity contribution is 6.17. The van der Waals surface area contributed by atoms with E-state index in [1.165, 1.54) is 54.7 Å². The number of fused-ring (bicyclic) bond motifs is 6. The summed E-state index contributed by atoms with van der Waals surface area (Å²) in [5.74, 6) is 1.63. The molecular weight excluding hydrogens is 695 g/mol. The van der Waals surface area contributed by atoms with E-state index < -0.39 is 0 Å². The Hall–Kier alpha value is -7.50. The van der Waals surface area contributed by atoms with Gasteiger partial charge >= 0.3 is 0 Å². The molecule has 270 valence electrons. The fraction of sp³-hybridized carbons (Fsp3) is 0.0385. The molecule has 57 heavy (non-hydrogen) atoms. The molecule has 11 rings (SSSR count). The van der Waals surface area contributed by atoms with Crippen molar-refractivity contribution in [2.24, 2.45) is 9.98 Å². The van der Waals surface area contributed by atoms with Gasteiger partial charge in [-0.3, -0.25) is 0 Å². The van der Waals surface area contributed by atoms with Crippen molar-refractivity contribution in [2.45, 2.75) is 6.17 Å². The monoisotopic (exact) mass is 731 g/mol. The molecule has 5 heteroatoms. The molecule has 0 radical (unpaired) electrons. The summed E-state index contributed by atoms with van der Waals surface area (Å²) in [6, 6.07) is 71.4. The molecule has 5 nitrogen and oxygen atoms in total. The van der Waals surface area contributed by atoms with Crippen LogP contribution < -0.4 is 0 Å². The lowest BCUT2D eigenvalue weighted by molar-refractivity contribution is 0.383. The van der Waals surface area contributed by atoms with Crippen LogP contribution in [0.5, 0.6) is 0 Å². The van der Waals surface area contributed by atoms with Crippen LogP contribution in [0.4, 0.5) is 0 Å². The van der Waals surface area contributed by atoms with E-state index in [1.54, 1.807) is 0 Å². The molecule has 0 amide bonds. The molecule has 0 saturated carbocycles. The maximum atomic E-state index is 5.22. The van der Waals surface area contributed by atoms with Crippen LogP contribution in [0.1, 0.15) is 22.9 Å². The van der Waals surface area contributed by atoms with E-state index in [4.69, 9.17) is 9.98 Å². The summed E-state index contributed by atoms with van der Waals surface area (Å²) in [7, 11) is 2.08. The van der Waals surface area contributed by atoms with E-state index >= 15 is 0 Å². The van der Waals surface area contributed by atoms with Crippen molar-refractivity contribution >= 4 is 55.3 Å². The van der Waals surface area contributed by atoms with Gasteiger partial charge in [0.05, 0.1) is 22.1 Å². The summed E-state index contributed by atoms with van der Waals surface area (Å²) in [5, 5.41) is 4.97. The van der Waals surface area contributed by atoms with Crippen LogP contribution in [0.15, 0.2) is 210 Å². The van der Waals surface area contributed by atoms with Gasteiger partial charge in [-0.2, -0.15) is 0 Å². The van der Waals surface area contributed by atoms with E-state index in [0.29, 0.717) is 0 Å². The van der Waals surface area contributed by atoms with E-state index in [1.807, 2.05) is 24.3 Å². The first-order valence-electron chi connectivity index (χ1n) is 19.4. The fourth-order valence-corrected chi connectivity index (χ4v) is 8.74. The normalized spacial score (nSPS) is 14.4. The molecule has 0 spiro atoms. The van der Waals surface area contributed by atoms with Gasteiger partial charge in [-0.15, -0.1) is 0 Å². The van der Waals surface area contributed by atoms with Crippen LogP contribution in [-0.2, 0) is 0 Å². The zero-order valence-corrected chi connectivity index (χ0v) is 31.4. The molecule has 10 aromatic rings. The maximum absolute atomic E-state index is 5.22. The third-order valence-corrected chi connectivity index (χ3v) is 11.4. The number of hydrogen-bond acceptors (Lipinski definition) is 3. The van der Waals surface area contributed by atoms with Crippen LogP contribution in [-0.4, -0.2) is 32.8 Å². The van der Waals surface area contributed by atoms with Gasteiger partial charge < -0.3 is 14.0 Å². The lowest BCUT2D eigenvalue weighted by Gasteiger charge is -2.32. The zero-order valence-electron chi connectivity index (χ0n) is 31.4.